The summed E-state index contributed by atoms with van der Waals surface area (Å²) in [6.45, 7) is 3.55. The number of aryl methyl sites for hydroxylation is 1. The van der Waals surface area contributed by atoms with Crippen molar-refractivity contribution in [3.8, 4) is 0 Å². The number of alkyl halides is 2. The van der Waals surface area contributed by atoms with E-state index in [1.165, 1.54) is 6.07 Å². The van der Waals surface area contributed by atoms with Crippen molar-refractivity contribution >= 4 is 45.8 Å². The molecule has 2 aromatic rings. The molecule has 4 nitrogen and oxygen atoms in total. The number of hydrogen-bond donors (Lipinski definition) is 1. The first-order valence-corrected chi connectivity index (χ1v) is 7.22. The Labute approximate surface area is 131 Å². The van der Waals surface area contributed by atoms with Crippen molar-refractivity contribution in [3.63, 3.8) is 0 Å². The van der Waals surface area contributed by atoms with Gasteiger partial charge in [0.25, 0.3) is 0 Å². The number of hydrogen-bond acceptors (Lipinski definition) is 3. The number of carbonyl (C=O) groups is 1. The van der Waals surface area contributed by atoms with Gasteiger partial charge in [0.05, 0.1) is 5.41 Å². The van der Waals surface area contributed by atoms with Crippen LogP contribution < -0.4 is 10.9 Å². The van der Waals surface area contributed by atoms with Crippen molar-refractivity contribution < 1.29 is 9.21 Å². The first-order valence-electron chi connectivity index (χ1n) is 6.47. The first-order chi connectivity index (χ1) is 9.73. The average Bonchev–Trinajstić information content (AvgIpc) is 2.89. The molecule has 0 bridgehead atoms. The maximum Gasteiger partial charge on any atom is 0.336 e. The molecule has 1 aliphatic rings. The van der Waals surface area contributed by atoms with Gasteiger partial charge in [-0.15, -0.1) is 23.2 Å². The Morgan fingerprint density at radius 1 is 1.33 bits per heavy atom. The molecule has 1 amide bonds. The smallest absolute Gasteiger partial charge is 0.336 e. The van der Waals surface area contributed by atoms with Gasteiger partial charge in [0.15, 0.2) is 0 Å². The molecule has 0 unspecified atom stereocenters. The van der Waals surface area contributed by atoms with E-state index in [2.05, 4.69) is 5.32 Å². The number of anilines is 1. The van der Waals surface area contributed by atoms with Crippen LogP contribution in [0.2, 0.25) is 0 Å². The van der Waals surface area contributed by atoms with Crippen LogP contribution in [0, 0.1) is 12.3 Å². The third kappa shape index (κ3) is 2.32. The van der Waals surface area contributed by atoms with E-state index in [1.54, 1.807) is 25.1 Å². The minimum absolute atomic E-state index is 0.248. The second-order valence-corrected chi connectivity index (χ2v) is 7.11. The van der Waals surface area contributed by atoms with Gasteiger partial charge in [0.2, 0.25) is 5.91 Å². The lowest BCUT2D eigenvalue weighted by atomic mass is 10.1. The van der Waals surface area contributed by atoms with Gasteiger partial charge in [0, 0.05) is 23.2 Å². The fraction of sp³-hybridized carbons (Fsp3) is 0.333. The summed E-state index contributed by atoms with van der Waals surface area (Å²) in [7, 11) is 0. The third-order valence-electron chi connectivity index (χ3n) is 3.97. The Morgan fingerprint density at radius 3 is 2.62 bits per heavy atom. The van der Waals surface area contributed by atoms with Crippen LogP contribution in [0.3, 0.4) is 0 Å². The topological polar surface area (TPSA) is 59.3 Å². The Hall–Kier alpha value is -1.52. The number of amides is 1. The largest absolute Gasteiger partial charge is 0.423 e. The number of nitrogens with one attached hydrogen (secondary N) is 1. The van der Waals surface area contributed by atoms with Gasteiger partial charge >= 0.3 is 5.63 Å². The molecular weight excluding hydrogens is 313 g/mol. The van der Waals surface area contributed by atoms with E-state index in [4.69, 9.17) is 27.6 Å². The molecule has 0 radical (unpaired) electrons. The summed E-state index contributed by atoms with van der Waals surface area (Å²) in [6, 6.07) is 6.61. The second-order valence-electron chi connectivity index (χ2n) is 5.63. The van der Waals surface area contributed by atoms with E-state index in [1.807, 2.05) is 6.92 Å². The molecule has 1 N–H and O–H groups in total. The van der Waals surface area contributed by atoms with Crippen LogP contribution >= 0.6 is 23.2 Å². The molecule has 21 heavy (non-hydrogen) atoms. The van der Waals surface area contributed by atoms with Gasteiger partial charge in [0.1, 0.15) is 9.92 Å². The van der Waals surface area contributed by atoms with Gasteiger partial charge in [-0.3, -0.25) is 4.79 Å². The second kappa shape index (κ2) is 4.49. The zero-order valence-corrected chi connectivity index (χ0v) is 13.0. The standard InChI is InChI=1S/C15H13Cl2NO3/c1-8-5-12(19)21-11-6-9(3-4-10(8)11)18-13(20)14(2)7-15(14,16)17/h3-6H,7H2,1-2H3,(H,18,20)/t14-/m0/s1. The SMILES string of the molecule is Cc1cc(=O)oc2cc(NC(=O)[C@]3(C)CC3(Cl)Cl)ccc12. The quantitative estimate of drug-likeness (QED) is 0.677. The van der Waals surface area contributed by atoms with Crippen molar-refractivity contribution in [2.24, 2.45) is 5.41 Å². The first kappa shape index (κ1) is 14.4. The maximum absolute atomic E-state index is 12.2. The Morgan fingerprint density at radius 2 is 2.00 bits per heavy atom. The molecule has 0 saturated heterocycles. The fourth-order valence-corrected chi connectivity index (χ4v) is 3.02. The summed E-state index contributed by atoms with van der Waals surface area (Å²) < 4.78 is 4.13. The van der Waals surface area contributed by atoms with Gasteiger partial charge in [-0.2, -0.15) is 0 Å². The van der Waals surface area contributed by atoms with Crippen LogP contribution in [0.4, 0.5) is 5.69 Å². The molecule has 1 heterocycles. The van der Waals surface area contributed by atoms with Crippen molar-refractivity contribution in [2.75, 3.05) is 5.32 Å². The highest BCUT2D eigenvalue weighted by Gasteiger charge is 2.67. The van der Waals surface area contributed by atoms with Gasteiger partial charge < -0.3 is 9.73 Å². The van der Waals surface area contributed by atoms with Gasteiger partial charge in [-0.1, -0.05) is 0 Å². The van der Waals surface area contributed by atoms with Gasteiger partial charge in [-0.25, -0.2) is 4.79 Å². The van der Waals surface area contributed by atoms with Crippen LogP contribution in [0.5, 0.6) is 0 Å². The maximum atomic E-state index is 12.2. The Balaban J connectivity index is 1.92. The molecule has 1 aromatic heterocycles. The summed E-state index contributed by atoms with van der Waals surface area (Å²) in [5.41, 5.74) is 0.589. The van der Waals surface area contributed by atoms with E-state index in [0.29, 0.717) is 17.7 Å². The normalized spacial score (nSPS) is 23.0. The van der Waals surface area contributed by atoms with E-state index in [0.717, 1.165) is 10.9 Å². The Kier molecular flexibility index (Phi) is 3.08. The molecule has 1 aliphatic carbocycles. The lowest BCUT2D eigenvalue weighted by molar-refractivity contribution is -0.120. The molecule has 0 spiro atoms. The fourth-order valence-electron chi connectivity index (χ4n) is 2.32. The van der Waals surface area contributed by atoms with Crippen LogP contribution in [-0.4, -0.2) is 10.2 Å². The summed E-state index contributed by atoms with van der Waals surface area (Å²) >= 11 is 12.0. The number of benzene rings is 1. The predicted molar refractivity (Wildman–Crippen MR) is 83.0 cm³/mol. The summed E-state index contributed by atoms with van der Waals surface area (Å²) in [5, 5.41) is 3.59. The number of fused-ring (bicyclic) bond motifs is 1. The lowest BCUT2D eigenvalue weighted by Crippen LogP contribution is -2.25. The Bertz CT molecular complexity index is 812. The minimum atomic E-state index is -1.02. The van der Waals surface area contributed by atoms with E-state index >= 15 is 0 Å². The number of rotatable bonds is 2. The minimum Gasteiger partial charge on any atom is -0.423 e. The number of halogens is 2. The van der Waals surface area contributed by atoms with Crippen LogP contribution in [-0.2, 0) is 4.79 Å². The van der Waals surface area contributed by atoms with Crippen molar-refractivity contribution in [3.05, 3.63) is 40.2 Å². The molecule has 0 aliphatic heterocycles. The summed E-state index contributed by atoms with van der Waals surface area (Å²) in [6.07, 6.45) is 0.413. The molecule has 1 atom stereocenters. The summed E-state index contributed by atoms with van der Waals surface area (Å²) in [5.74, 6) is -0.248. The zero-order valence-electron chi connectivity index (χ0n) is 11.5. The highest BCUT2D eigenvalue weighted by Crippen LogP contribution is 2.64. The molecular formula is C15H13Cl2NO3. The average molecular weight is 326 g/mol. The van der Waals surface area contributed by atoms with Crippen LogP contribution in [0.15, 0.2) is 33.5 Å². The molecule has 110 valence electrons. The number of carbonyl (C=O) groups excluding carboxylic acids is 1. The van der Waals surface area contributed by atoms with Gasteiger partial charge in [-0.05, 0) is 38.0 Å². The molecule has 1 fully saturated rings. The molecule has 6 heteroatoms. The third-order valence-corrected chi connectivity index (χ3v) is 5.07. The van der Waals surface area contributed by atoms with E-state index < -0.39 is 15.4 Å². The van der Waals surface area contributed by atoms with E-state index in [9.17, 15) is 9.59 Å². The highest BCUT2D eigenvalue weighted by molar-refractivity contribution is 6.53. The molecule has 3 rings (SSSR count). The van der Waals surface area contributed by atoms with E-state index in [-0.39, 0.29) is 5.91 Å². The predicted octanol–water partition coefficient (Wildman–Crippen LogP) is 3.62. The van der Waals surface area contributed by atoms with Crippen molar-refractivity contribution in [2.45, 2.75) is 24.6 Å². The summed E-state index contributed by atoms with van der Waals surface area (Å²) in [4.78, 5) is 23.6. The van der Waals surface area contributed by atoms with Crippen LogP contribution in [0.25, 0.3) is 11.0 Å². The molecule has 1 saturated carbocycles. The lowest BCUT2D eigenvalue weighted by Gasteiger charge is -2.13. The monoisotopic (exact) mass is 325 g/mol. The van der Waals surface area contributed by atoms with Crippen molar-refractivity contribution in [1.29, 1.82) is 0 Å². The molecule has 1 aromatic carbocycles. The highest BCUT2D eigenvalue weighted by atomic mass is 35.5. The van der Waals surface area contributed by atoms with Crippen molar-refractivity contribution in [1.82, 2.24) is 0 Å². The zero-order chi connectivity index (χ0) is 15.4. The van der Waals surface area contributed by atoms with Crippen LogP contribution in [0.1, 0.15) is 18.9 Å².